The number of hydrogen-bond donors (Lipinski definition) is 1. The highest BCUT2D eigenvalue weighted by Gasteiger charge is 2.12. The van der Waals surface area contributed by atoms with Gasteiger partial charge in [0.2, 0.25) is 0 Å². The van der Waals surface area contributed by atoms with Crippen LogP contribution in [0.3, 0.4) is 0 Å². The molecule has 2 rings (SSSR count). The molecule has 2 nitrogen and oxygen atoms in total. The van der Waals surface area contributed by atoms with Crippen molar-refractivity contribution in [1.82, 2.24) is 4.57 Å². The van der Waals surface area contributed by atoms with Gasteiger partial charge in [-0.05, 0) is 50.1 Å². The van der Waals surface area contributed by atoms with E-state index in [4.69, 9.17) is 0 Å². The summed E-state index contributed by atoms with van der Waals surface area (Å²) < 4.78 is 2.26. The van der Waals surface area contributed by atoms with E-state index >= 15 is 0 Å². The molecule has 1 aromatic carbocycles. The van der Waals surface area contributed by atoms with Crippen molar-refractivity contribution in [2.75, 3.05) is 0 Å². The minimum atomic E-state index is -0.557. The number of allylic oxidation sites excluding steroid dienone is 2. The molecule has 1 aromatic heterocycles. The lowest BCUT2D eigenvalue weighted by molar-refractivity contribution is 0.0661. The van der Waals surface area contributed by atoms with Crippen LogP contribution in [0.25, 0.3) is 10.9 Å². The highest BCUT2D eigenvalue weighted by Crippen LogP contribution is 2.17. The molecule has 20 heavy (non-hydrogen) atoms. The average molecular weight is 271 g/mol. The molecule has 0 aliphatic carbocycles. The molecule has 2 aromatic rings. The molecule has 0 aliphatic rings. The van der Waals surface area contributed by atoms with Crippen LogP contribution in [-0.4, -0.2) is 15.3 Å². The molecule has 1 N–H and O–H groups in total. The van der Waals surface area contributed by atoms with Gasteiger partial charge in [-0.2, -0.15) is 0 Å². The molecule has 0 spiro atoms. The van der Waals surface area contributed by atoms with Crippen LogP contribution in [0.15, 0.2) is 48.7 Å². The molecule has 1 atom stereocenters. The van der Waals surface area contributed by atoms with Crippen LogP contribution in [0.1, 0.15) is 33.6 Å². The fourth-order valence-electron chi connectivity index (χ4n) is 2.38. The summed E-state index contributed by atoms with van der Waals surface area (Å²) in [6, 6.07) is 10.6. The molecule has 1 unspecified atom stereocenters. The number of aromatic nitrogens is 1. The summed E-state index contributed by atoms with van der Waals surface area (Å²) in [4.78, 5) is 0. The lowest BCUT2D eigenvalue weighted by Crippen LogP contribution is -2.18. The van der Waals surface area contributed by atoms with E-state index in [-0.39, 0.29) is 0 Å². The third-order valence-corrected chi connectivity index (χ3v) is 3.66. The predicted molar refractivity (Wildman–Crippen MR) is 85.8 cm³/mol. The number of benzene rings is 1. The van der Waals surface area contributed by atoms with Gasteiger partial charge in [-0.25, -0.2) is 0 Å². The number of hydrogen-bond acceptors (Lipinski definition) is 1. The van der Waals surface area contributed by atoms with Gasteiger partial charge >= 0.3 is 0 Å². The molecule has 0 bridgehead atoms. The Morgan fingerprint density at radius 3 is 2.75 bits per heavy atom. The first-order valence-electron chi connectivity index (χ1n) is 7.39. The lowest BCUT2D eigenvalue weighted by Gasteiger charge is -2.18. The standard InChI is InChI=1S/C18H25NO/c1-15(10-12-18(2,3)20)7-6-13-19-14-11-16-8-4-5-9-17(16)19/h4-9,11,14-15,20H,10,12-13H2,1-3H3. The molecule has 0 aliphatic heterocycles. The Kier molecular flexibility index (Phi) is 4.66. The maximum Gasteiger partial charge on any atom is 0.0592 e. The number of nitrogens with zero attached hydrogens (tertiary/aromatic N) is 1. The van der Waals surface area contributed by atoms with E-state index in [9.17, 15) is 5.11 Å². The zero-order chi connectivity index (χ0) is 14.6. The molecule has 0 saturated heterocycles. The Morgan fingerprint density at radius 2 is 2.00 bits per heavy atom. The van der Waals surface area contributed by atoms with Crippen molar-refractivity contribution in [2.45, 2.75) is 45.8 Å². The van der Waals surface area contributed by atoms with Crippen molar-refractivity contribution in [3.63, 3.8) is 0 Å². The Morgan fingerprint density at radius 1 is 1.25 bits per heavy atom. The fourth-order valence-corrected chi connectivity index (χ4v) is 2.38. The maximum atomic E-state index is 9.73. The monoisotopic (exact) mass is 271 g/mol. The Labute approximate surface area is 121 Å². The normalized spacial score (nSPS) is 14.2. The van der Waals surface area contributed by atoms with Gasteiger partial charge in [0.1, 0.15) is 0 Å². The first kappa shape index (κ1) is 14.9. The lowest BCUT2D eigenvalue weighted by atomic mass is 9.96. The van der Waals surface area contributed by atoms with Crippen LogP contribution in [0, 0.1) is 5.92 Å². The van der Waals surface area contributed by atoms with Crippen molar-refractivity contribution in [1.29, 1.82) is 0 Å². The molecule has 0 amide bonds. The summed E-state index contributed by atoms with van der Waals surface area (Å²) >= 11 is 0. The van der Waals surface area contributed by atoms with Crippen LogP contribution in [0.4, 0.5) is 0 Å². The van der Waals surface area contributed by atoms with Crippen LogP contribution in [0.5, 0.6) is 0 Å². The van der Waals surface area contributed by atoms with Gasteiger partial charge in [0, 0.05) is 18.3 Å². The van der Waals surface area contributed by atoms with E-state index in [0.717, 1.165) is 19.4 Å². The van der Waals surface area contributed by atoms with E-state index < -0.39 is 5.60 Å². The molecule has 1 heterocycles. The summed E-state index contributed by atoms with van der Waals surface area (Å²) in [5, 5.41) is 11.0. The van der Waals surface area contributed by atoms with E-state index in [2.05, 4.69) is 60.2 Å². The summed E-state index contributed by atoms with van der Waals surface area (Å²) in [5.74, 6) is 0.503. The summed E-state index contributed by atoms with van der Waals surface area (Å²) in [6.45, 7) is 6.85. The third kappa shape index (κ3) is 4.24. The van der Waals surface area contributed by atoms with Crippen LogP contribution in [0.2, 0.25) is 0 Å². The van der Waals surface area contributed by atoms with E-state index in [1.807, 2.05) is 13.8 Å². The second-order valence-electron chi connectivity index (χ2n) is 6.28. The van der Waals surface area contributed by atoms with Crippen molar-refractivity contribution in [3.8, 4) is 0 Å². The van der Waals surface area contributed by atoms with Crippen molar-refractivity contribution in [3.05, 3.63) is 48.7 Å². The van der Waals surface area contributed by atoms with Crippen LogP contribution >= 0.6 is 0 Å². The number of para-hydroxylation sites is 1. The number of aliphatic hydroxyl groups is 1. The Hall–Kier alpha value is -1.54. The molecule has 0 radical (unpaired) electrons. The smallest absolute Gasteiger partial charge is 0.0592 e. The van der Waals surface area contributed by atoms with Gasteiger partial charge in [0.05, 0.1) is 5.60 Å². The molecule has 0 fully saturated rings. The fraction of sp³-hybridized carbons (Fsp3) is 0.444. The minimum absolute atomic E-state index is 0.503. The average Bonchev–Trinajstić information content (AvgIpc) is 2.79. The molecule has 0 saturated carbocycles. The van der Waals surface area contributed by atoms with E-state index in [0.29, 0.717) is 5.92 Å². The minimum Gasteiger partial charge on any atom is -0.390 e. The molecule has 2 heteroatoms. The van der Waals surface area contributed by atoms with Gasteiger partial charge < -0.3 is 9.67 Å². The third-order valence-electron chi connectivity index (χ3n) is 3.66. The number of fused-ring (bicyclic) bond motifs is 1. The summed E-state index contributed by atoms with van der Waals surface area (Å²) in [7, 11) is 0. The second kappa shape index (κ2) is 6.27. The SMILES string of the molecule is CC(C=CCn1ccc2ccccc21)CCC(C)(C)O. The molecular weight excluding hydrogens is 246 g/mol. The predicted octanol–water partition coefficient (Wildman–Crippen LogP) is 4.38. The largest absolute Gasteiger partial charge is 0.390 e. The topological polar surface area (TPSA) is 25.2 Å². The van der Waals surface area contributed by atoms with Gasteiger partial charge in [0.15, 0.2) is 0 Å². The van der Waals surface area contributed by atoms with Gasteiger partial charge in [-0.15, -0.1) is 0 Å². The van der Waals surface area contributed by atoms with Crippen LogP contribution in [-0.2, 0) is 6.54 Å². The first-order chi connectivity index (χ1) is 9.46. The Balaban J connectivity index is 1.90. The van der Waals surface area contributed by atoms with E-state index in [1.165, 1.54) is 10.9 Å². The van der Waals surface area contributed by atoms with Crippen molar-refractivity contribution >= 4 is 10.9 Å². The molecular formula is C18H25NO. The van der Waals surface area contributed by atoms with E-state index in [1.54, 1.807) is 0 Å². The Bertz CT molecular complexity index is 574. The zero-order valence-electron chi connectivity index (χ0n) is 12.7. The molecule has 108 valence electrons. The highest BCUT2D eigenvalue weighted by molar-refractivity contribution is 5.79. The first-order valence-corrected chi connectivity index (χ1v) is 7.39. The summed E-state index contributed by atoms with van der Waals surface area (Å²) in [5.41, 5.74) is 0.722. The van der Waals surface area contributed by atoms with Gasteiger partial charge in [-0.1, -0.05) is 37.3 Å². The number of rotatable bonds is 6. The van der Waals surface area contributed by atoms with Gasteiger partial charge in [-0.3, -0.25) is 0 Å². The quantitative estimate of drug-likeness (QED) is 0.775. The second-order valence-corrected chi connectivity index (χ2v) is 6.28. The van der Waals surface area contributed by atoms with Crippen molar-refractivity contribution < 1.29 is 5.11 Å². The van der Waals surface area contributed by atoms with Crippen LogP contribution < -0.4 is 0 Å². The van der Waals surface area contributed by atoms with Gasteiger partial charge in [0.25, 0.3) is 0 Å². The zero-order valence-corrected chi connectivity index (χ0v) is 12.7. The summed E-state index contributed by atoms with van der Waals surface area (Å²) in [6.07, 6.45) is 8.47. The highest BCUT2D eigenvalue weighted by atomic mass is 16.3. The maximum absolute atomic E-state index is 9.73. The van der Waals surface area contributed by atoms with Crippen molar-refractivity contribution in [2.24, 2.45) is 5.92 Å².